The van der Waals surface area contributed by atoms with Crippen LogP contribution in [0.3, 0.4) is 0 Å². The van der Waals surface area contributed by atoms with Gasteiger partial charge < -0.3 is 4.74 Å². The van der Waals surface area contributed by atoms with Crippen molar-refractivity contribution >= 4 is 0 Å². The molecule has 0 atom stereocenters. The maximum Gasteiger partial charge on any atom is 0.119 e. The van der Waals surface area contributed by atoms with E-state index in [4.69, 9.17) is 4.74 Å². The fourth-order valence-electron chi connectivity index (χ4n) is 4.85. The van der Waals surface area contributed by atoms with Crippen LogP contribution in [0.1, 0.15) is 103 Å². The van der Waals surface area contributed by atoms with E-state index in [-0.39, 0.29) is 0 Å². The summed E-state index contributed by atoms with van der Waals surface area (Å²) in [5.41, 5.74) is 3.13. The van der Waals surface area contributed by atoms with Gasteiger partial charge in [0.1, 0.15) is 5.75 Å². The molecular weight excluding hydrogens is 392 g/mol. The highest BCUT2D eigenvalue weighted by Gasteiger charge is 2.21. The first-order chi connectivity index (χ1) is 15.8. The Balaban J connectivity index is 1.35. The van der Waals surface area contributed by atoms with Crippen molar-refractivity contribution in [2.24, 2.45) is 11.8 Å². The van der Waals surface area contributed by atoms with Gasteiger partial charge >= 0.3 is 0 Å². The molecule has 32 heavy (non-hydrogen) atoms. The van der Waals surface area contributed by atoms with Crippen LogP contribution in [-0.2, 0) is 6.42 Å². The van der Waals surface area contributed by atoms with Gasteiger partial charge in [0.05, 0.1) is 24.2 Å². The molecule has 0 saturated heterocycles. The molecule has 1 fully saturated rings. The zero-order valence-corrected chi connectivity index (χ0v) is 20.5. The van der Waals surface area contributed by atoms with Crippen molar-refractivity contribution in [3.63, 3.8) is 0 Å². The van der Waals surface area contributed by atoms with Gasteiger partial charge in [0.25, 0.3) is 0 Å². The molecule has 1 aliphatic rings. The Morgan fingerprint density at radius 3 is 2.12 bits per heavy atom. The molecule has 0 spiro atoms. The molecule has 0 aliphatic heterocycles. The molecule has 0 radical (unpaired) electrons. The van der Waals surface area contributed by atoms with Gasteiger partial charge in [-0.1, -0.05) is 78.1 Å². The van der Waals surface area contributed by atoms with E-state index in [1.54, 1.807) is 0 Å². The lowest BCUT2D eigenvalue weighted by Crippen LogP contribution is -2.20. The Hall–Kier alpha value is -1.90. The Morgan fingerprint density at radius 2 is 1.44 bits per heavy atom. The number of aryl methyl sites for hydroxylation is 1. The van der Waals surface area contributed by atoms with Crippen molar-refractivity contribution in [1.82, 2.24) is 9.97 Å². The largest absolute Gasteiger partial charge is 0.493 e. The molecule has 1 aliphatic carbocycles. The number of hydrogen-bond acceptors (Lipinski definition) is 3. The lowest BCUT2D eigenvalue weighted by Gasteiger charge is -2.28. The summed E-state index contributed by atoms with van der Waals surface area (Å²) in [6.07, 6.45) is 22.5. The highest BCUT2D eigenvalue weighted by atomic mass is 16.5. The molecule has 1 heterocycles. The number of rotatable bonds is 14. The van der Waals surface area contributed by atoms with Crippen molar-refractivity contribution in [2.45, 2.75) is 104 Å². The van der Waals surface area contributed by atoms with E-state index < -0.39 is 0 Å². The minimum atomic E-state index is 0.720. The van der Waals surface area contributed by atoms with Crippen LogP contribution in [-0.4, -0.2) is 16.6 Å². The summed E-state index contributed by atoms with van der Waals surface area (Å²) < 4.78 is 6.14. The summed E-state index contributed by atoms with van der Waals surface area (Å²) in [5.74, 6) is 2.65. The summed E-state index contributed by atoms with van der Waals surface area (Å²) in [7, 11) is 0. The molecule has 0 amide bonds. The summed E-state index contributed by atoms with van der Waals surface area (Å²) in [6.45, 7) is 5.37. The second kappa shape index (κ2) is 14.3. The molecule has 0 bridgehead atoms. The van der Waals surface area contributed by atoms with Gasteiger partial charge in [-0.15, -0.1) is 0 Å². The Morgan fingerprint density at radius 1 is 0.750 bits per heavy atom. The third kappa shape index (κ3) is 8.56. The van der Waals surface area contributed by atoms with Crippen molar-refractivity contribution in [1.29, 1.82) is 0 Å². The third-order valence-electron chi connectivity index (χ3n) is 7.06. The molecule has 1 aromatic carbocycles. The predicted molar refractivity (Wildman–Crippen MR) is 135 cm³/mol. The average Bonchev–Trinajstić information content (AvgIpc) is 2.84. The lowest BCUT2D eigenvalue weighted by atomic mass is 9.80. The number of nitrogens with zero attached hydrogens (tertiary/aromatic N) is 2. The molecule has 1 saturated carbocycles. The first-order valence-corrected chi connectivity index (χ1v) is 13.3. The topological polar surface area (TPSA) is 35.0 Å². The number of unbranched alkanes of at least 4 members (excludes halogenated alkanes) is 6. The van der Waals surface area contributed by atoms with Crippen LogP contribution in [0.2, 0.25) is 0 Å². The zero-order chi connectivity index (χ0) is 22.4. The normalized spacial score (nSPS) is 18.6. The Bertz CT molecular complexity index is 733. The molecular formula is C29H44N2O. The van der Waals surface area contributed by atoms with E-state index in [0.29, 0.717) is 0 Å². The zero-order valence-electron chi connectivity index (χ0n) is 20.5. The standard InChI is InChI=1S/C29H44N2O/c1-3-5-7-8-10-11-24-13-15-25(16-14-24)23-32-28-19-17-26(18-20-28)29-22-30-27(21-31-29)12-9-6-4-2/h17-22,24-25H,3-16,23H2,1-2H3. The van der Waals surface area contributed by atoms with E-state index in [2.05, 4.69) is 48.1 Å². The Labute approximate surface area is 196 Å². The maximum atomic E-state index is 6.14. The highest BCUT2D eigenvalue weighted by molar-refractivity contribution is 5.58. The van der Waals surface area contributed by atoms with Crippen LogP contribution in [0.15, 0.2) is 36.7 Å². The maximum absolute atomic E-state index is 6.14. The van der Waals surface area contributed by atoms with E-state index in [1.165, 1.54) is 83.5 Å². The van der Waals surface area contributed by atoms with Crippen molar-refractivity contribution in [3.8, 4) is 17.0 Å². The monoisotopic (exact) mass is 436 g/mol. The number of aromatic nitrogens is 2. The van der Waals surface area contributed by atoms with E-state index in [9.17, 15) is 0 Å². The van der Waals surface area contributed by atoms with Crippen molar-refractivity contribution in [2.75, 3.05) is 6.61 Å². The van der Waals surface area contributed by atoms with Crippen molar-refractivity contribution < 1.29 is 4.74 Å². The first kappa shape index (κ1) is 24.7. The molecule has 3 nitrogen and oxygen atoms in total. The predicted octanol–water partition coefficient (Wildman–Crippen LogP) is 8.42. The number of hydrogen-bond donors (Lipinski definition) is 0. The summed E-state index contributed by atoms with van der Waals surface area (Å²) >= 11 is 0. The minimum absolute atomic E-state index is 0.720. The number of benzene rings is 1. The van der Waals surface area contributed by atoms with Crippen LogP contribution >= 0.6 is 0 Å². The van der Waals surface area contributed by atoms with Gasteiger partial charge in [0.15, 0.2) is 0 Å². The fourth-order valence-corrected chi connectivity index (χ4v) is 4.85. The van der Waals surface area contributed by atoms with Gasteiger partial charge in [-0.3, -0.25) is 9.97 Å². The van der Waals surface area contributed by atoms with Crippen LogP contribution in [0.25, 0.3) is 11.3 Å². The van der Waals surface area contributed by atoms with E-state index in [1.807, 2.05) is 12.4 Å². The van der Waals surface area contributed by atoms with Gasteiger partial charge in [0.2, 0.25) is 0 Å². The lowest BCUT2D eigenvalue weighted by molar-refractivity contribution is 0.177. The summed E-state index contributed by atoms with van der Waals surface area (Å²) in [4.78, 5) is 9.21. The first-order valence-electron chi connectivity index (χ1n) is 13.3. The second-order valence-electron chi connectivity index (χ2n) is 9.78. The van der Waals surface area contributed by atoms with E-state index in [0.717, 1.165) is 47.6 Å². The molecule has 3 heteroatoms. The van der Waals surface area contributed by atoms with Crippen molar-refractivity contribution in [3.05, 3.63) is 42.4 Å². The number of ether oxygens (including phenoxy) is 1. The smallest absolute Gasteiger partial charge is 0.119 e. The van der Waals surface area contributed by atoms with Gasteiger partial charge in [-0.05, 0) is 61.8 Å². The van der Waals surface area contributed by atoms with Crippen LogP contribution < -0.4 is 4.74 Å². The average molecular weight is 437 g/mol. The quantitative estimate of drug-likeness (QED) is 0.279. The van der Waals surface area contributed by atoms with E-state index >= 15 is 0 Å². The van der Waals surface area contributed by atoms with Crippen LogP contribution in [0, 0.1) is 11.8 Å². The fraction of sp³-hybridized carbons (Fsp3) is 0.655. The molecule has 176 valence electrons. The molecule has 2 aromatic rings. The summed E-state index contributed by atoms with van der Waals surface area (Å²) in [5, 5.41) is 0. The Kier molecular flexibility index (Phi) is 11.0. The molecule has 1 aromatic heterocycles. The molecule has 0 N–H and O–H groups in total. The van der Waals surface area contributed by atoms with Crippen LogP contribution in [0.5, 0.6) is 5.75 Å². The van der Waals surface area contributed by atoms with Gasteiger partial charge in [-0.2, -0.15) is 0 Å². The highest BCUT2D eigenvalue weighted by Crippen LogP contribution is 2.32. The van der Waals surface area contributed by atoms with Crippen LogP contribution in [0.4, 0.5) is 0 Å². The van der Waals surface area contributed by atoms with Gasteiger partial charge in [-0.25, -0.2) is 0 Å². The van der Waals surface area contributed by atoms with Gasteiger partial charge in [0, 0.05) is 11.8 Å². The SMILES string of the molecule is CCCCCCCC1CCC(COc2ccc(-c3cnc(CCCCC)cn3)cc2)CC1. The summed E-state index contributed by atoms with van der Waals surface area (Å²) in [6, 6.07) is 8.36. The molecule has 3 rings (SSSR count). The molecule has 0 unspecified atom stereocenters. The second-order valence-corrected chi connectivity index (χ2v) is 9.78. The minimum Gasteiger partial charge on any atom is -0.493 e. The third-order valence-corrected chi connectivity index (χ3v) is 7.06.